The van der Waals surface area contributed by atoms with Crippen LogP contribution < -0.4 is 5.32 Å². The molecule has 0 aromatic heterocycles. The number of nitrogens with one attached hydrogen (secondary N) is 1. The monoisotopic (exact) mass is 141 g/mol. The standard InChI is InChI=1S/C9H19N/c1-8-6-4-5-7-9(8,2)10-3/h8,10H,4-7H2,1-3H3/t8-,9-/m1/s1. The van der Waals surface area contributed by atoms with Crippen LogP contribution in [0.5, 0.6) is 0 Å². The number of hydrogen-bond donors (Lipinski definition) is 1. The highest BCUT2D eigenvalue weighted by Crippen LogP contribution is 2.32. The minimum absolute atomic E-state index is 0.429. The number of rotatable bonds is 1. The Morgan fingerprint density at radius 3 is 2.50 bits per heavy atom. The van der Waals surface area contributed by atoms with Crippen LogP contribution in [0.2, 0.25) is 0 Å². The van der Waals surface area contributed by atoms with E-state index in [0.29, 0.717) is 5.54 Å². The van der Waals surface area contributed by atoms with Crippen molar-refractivity contribution >= 4 is 0 Å². The molecule has 60 valence electrons. The highest BCUT2D eigenvalue weighted by Gasteiger charge is 2.31. The van der Waals surface area contributed by atoms with E-state index < -0.39 is 0 Å². The Morgan fingerprint density at radius 1 is 1.40 bits per heavy atom. The van der Waals surface area contributed by atoms with E-state index in [0.717, 1.165) is 5.92 Å². The summed E-state index contributed by atoms with van der Waals surface area (Å²) in [6.07, 6.45) is 5.59. The molecule has 10 heavy (non-hydrogen) atoms. The molecular weight excluding hydrogens is 122 g/mol. The van der Waals surface area contributed by atoms with Gasteiger partial charge in [0.1, 0.15) is 0 Å². The molecule has 0 unspecified atom stereocenters. The van der Waals surface area contributed by atoms with Gasteiger partial charge >= 0.3 is 0 Å². The van der Waals surface area contributed by atoms with Gasteiger partial charge in [0.05, 0.1) is 0 Å². The molecule has 0 spiro atoms. The summed E-state index contributed by atoms with van der Waals surface area (Å²) >= 11 is 0. The molecule has 0 amide bonds. The van der Waals surface area contributed by atoms with Crippen LogP contribution in [0.1, 0.15) is 39.5 Å². The first-order valence-corrected chi connectivity index (χ1v) is 4.38. The average molecular weight is 141 g/mol. The van der Waals surface area contributed by atoms with Gasteiger partial charge < -0.3 is 5.32 Å². The van der Waals surface area contributed by atoms with Crippen LogP contribution in [0.3, 0.4) is 0 Å². The van der Waals surface area contributed by atoms with Crippen LogP contribution in [0.25, 0.3) is 0 Å². The van der Waals surface area contributed by atoms with E-state index >= 15 is 0 Å². The van der Waals surface area contributed by atoms with Crippen LogP contribution in [-0.4, -0.2) is 12.6 Å². The highest BCUT2D eigenvalue weighted by molar-refractivity contribution is 4.89. The summed E-state index contributed by atoms with van der Waals surface area (Å²) in [5.41, 5.74) is 0.429. The third-order valence-electron chi connectivity index (χ3n) is 3.24. The van der Waals surface area contributed by atoms with E-state index in [1.165, 1.54) is 25.7 Å². The molecule has 0 heterocycles. The molecule has 0 bridgehead atoms. The first-order valence-electron chi connectivity index (χ1n) is 4.38. The van der Waals surface area contributed by atoms with Crippen LogP contribution >= 0.6 is 0 Å². The van der Waals surface area contributed by atoms with Gasteiger partial charge in [-0.15, -0.1) is 0 Å². The van der Waals surface area contributed by atoms with Crippen molar-refractivity contribution in [3.8, 4) is 0 Å². The molecule has 1 heteroatoms. The predicted octanol–water partition coefficient (Wildman–Crippen LogP) is 2.17. The summed E-state index contributed by atoms with van der Waals surface area (Å²) in [7, 11) is 2.09. The second kappa shape index (κ2) is 2.91. The first-order chi connectivity index (χ1) is 4.69. The summed E-state index contributed by atoms with van der Waals surface area (Å²) in [5, 5.41) is 3.43. The van der Waals surface area contributed by atoms with Gasteiger partial charge in [0, 0.05) is 5.54 Å². The van der Waals surface area contributed by atoms with Gasteiger partial charge in [-0.3, -0.25) is 0 Å². The molecule has 1 saturated carbocycles. The summed E-state index contributed by atoms with van der Waals surface area (Å²) in [4.78, 5) is 0. The van der Waals surface area contributed by atoms with E-state index in [1.54, 1.807) is 0 Å². The lowest BCUT2D eigenvalue weighted by Gasteiger charge is -2.39. The van der Waals surface area contributed by atoms with Crippen molar-refractivity contribution in [2.45, 2.75) is 45.1 Å². The maximum Gasteiger partial charge on any atom is 0.0175 e. The maximum absolute atomic E-state index is 3.43. The Hall–Kier alpha value is -0.0400. The van der Waals surface area contributed by atoms with Crippen molar-refractivity contribution in [1.82, 2.24) is 5.32 Å². The lowest BCUT2D eigenvalue weighted by atomic mass is 9.75. The topological polar surface area (TPSA) is 12.0 Å². The molecule has 0 aromatic carbocycles. The zero-order chi connectivity index (χ0) is 7.61. The molecular formula is C9H19N. The van der Waals surface area contributed by atoms with Crippen LogP contribution in [0.4, 0.5) is 0 Å². The second-order valence-corrected chi connectivity index (χ2v) is 3.81. The Bertz CT molecular complexity index is 111. The van der Waals surface area contributed by atoms with Gasteiger partial charge in [0.15, 0.2) is 0 Å². The molecule has 1 N–H and O–H groups in total. The average Bonchev–Trinajstić information content (AvgIpc) is 1.96. The second-order valence-electron chi connectivity index (χ2n) is 3.81. The Labute approximate surface area is 64.2 Å². The van der Waals surface area contributed by atoms with Crippen molar-refractivity contribution in [3.63, 3.8) is 0 Å². The van der Waals surface area contributed by atoms with E-state index in [9.17, 15) is 0 Å². The van der Waals surface area contributed by atoms with Crippen molar-refractivity contribution in [2.24, 2.45) is 5.92 Å². The molecule has 2 atom stereocenters. The van der Waals surface area contributed by atoms with Crippen molar-refractivity contribution in [3.05, 3.63) is 0 Å². The fourth-order valence-electron chi connectivity index (χ4n) is 1.88. The summed E-state index contributed by atoms with van der Waals surface area (Å²) in [6, 6.07) is 0. The van der Waals surface area contributed by atoms with Gasteiger partial charge in [-0.25, -0.2) is 0 Å². The third kappa shape index (κ3) is 1.34. The van der Waals surface area contributed by atoms with Crippen LogP contribution in [0, 0.1) is 5.92 Å². The van der Waals surface area contributed by atoms with Gasteiger partial charge in [0.2, 0.25) is 0 Å². The number of hydrogen-bond acceptors (Lipinski definition) is 1. The fourth-order valence-corrected chi connectivity index (χ4v) is 1.88. The quantitative estimate of drug-likeness (QED) is 0.590. The summed E-state index contributed by atoms with van der Waals surface area (Å²) in [5.74, 6) is 0.853. The highest BCUT2D eigenvalue weighted by atomic mass is 14.9. The molecule has 1 aliphatic rings. The molecule has 0 aliphatic heterocycles. The van der Waals surface area contributed by atoms with Crippen LogP contribution in [0.15, 0.2) is 0 Å². The molecule has 1 rings (SSSR count). The van der Waals surface area contributed by atoms with Gasteiger partial charge in [-0.1, -0.05) is 19.8 Å². The van der Waals surface area contributed by atoms with E-state index in [4.69, 9.17) is 0 Å². The molecule has 0 radical (unpaired) electrons. The molecule has 0 saturated heterocycles. The summed E-state index contributed by atoms with van der Waals surface area (Å²) in [6.45, 7) is 4.70. The summed E-state index contributed by atoms with van der Waals surface area (Å²) < 4.78 is 0. The SMILES string of the molecule is CN[C@]1(C)CCCC[C@H]1C. The van der Waals surface area contributed by atoms with E-state index in [-0.39, 0.29) is 0 Å². The molecule has 1 fully saturated rings. The first kappa shape index (κ1) is 8.06. The zero-order valence-electron chi connectivity index (χ0n) is 7.41. The minimum atomic E-state index is 0.429. The lowest BCUT2D eigenvalue weighted by Crippen LogP contribution is -2.47. The van der Waals surface area contributed by atoms with E-state index in [1.807, 2.05) is 0 Å². The van der Waals surface area contributed by atoms with Crippen LogP contribution in [-0.2, 0) is 0 Å². The Balaban J connectivity index is 2.54. The smallest absolute Gasteiger partial charge is 0.0175 e. The Kier molecular flexibility index (Phi) is 2.35. The van der Waals surface area contributed by atoms with Crippen molar-refractivity contribution in [2.75, 3.05) is 7.05 Å². The van der Waals surface area contributed by atoms with Gasteiger partial charge in [0.25, 0.3) is 0 Å². The third-order valence-corrected chi connectivity index (χ3v) is 3.24. The molecule has 0 aromatic rings. The van der Waals surface area contributed by atoms with Gasteiger partial charge in [-0.2, -0.15) is 0 Å². The fraction of sp³-hybridized carbons (Fsp3) is 1.00. The predicted molar refractivity (Wildman–Crippen MR) is 45.1 cm³/mol. The van der Waals surface area contributed by atoms with Crippen molar-refractivity contribution in [1.29, 1.82) is 0 Å². The normalized spacial score (nSPS) is 41.7. The lowest BCUT2D eigenvalue weighted by molar-refractivity contribution is 0.186. The van der Waals surface area contributed by atoms with Crippen molar-refractivity contribution < 1.29 is 0 Å². The molecule has 1 nitrogen and oxygen atoms in total. The van der Waals surface area contributed by atoms with E-state index in [2.05, 4.69) is 26.2 Å². The van der Waals surface area contributed by atoms with Gasteiger partial charge in [-0.05, 0) is 32.7 Å². The largest absolute Gasteiger partial charge is 0.314 e. The minimum Gasteiger partial charge on any atom is -0.314 e. The maximum atomic E-state index is 3.43. The zero-order valence-corrected chi connectivity index (χ0v) is 7.41. The molecule has 1 aliphatic carbocycles. The Morgan fingerprint density at radius 2 is 2.10 bits per heavy atom.